The molecule has 1 aliphatic carbocycles. The number of likely N-dealkylation sites (N-methyl/N-ethyl adjacent to an activating group) is 1. The van der Waals surface area contributed by atoms with Gasteiger partial charge in [-0.25, -0.2) is 0 Å². The maximum atomic E-state index is 14.4. The van der Waals surface area contributed by atoms with Crippen molar-refractivity contribution in [2.45, 2.75) is 194 Å². The van der Waals surface area contributed by atoms with Crippen LogP contribution in [0.3, 0.4) is 0 Å². The van der Waals surface area contributed by atoms with Crippen molar-refractivity contribution >= 4 is 52.9 Å². The van der Waals surface area contributed by atoms with Gasteiger partial charge in [0.2, 0.25) is 29.5 Å². The summed E-state index contributed by atoms with van der Waals surface area (Å²) in [5, 5.41) is 3.08. The van der Waals surface area contributed by atoms with Gasteiger partial charge in [-0.3, -0.25) is 63.8 Å². The average molecular weight is 1090 g/mol. The largest absolute Gasteiger partial charge is 0.381 e. The van der Waals surface area contributed by atoms with Gasteiger partial charge in [-0.15, -0.1) is 0 Å². The van der Waals surface area contributed by atoms with E-state index < -0.39 is 35.6 Å². The Morgan fingerprint density at radius 1 is 0.795 bits per heavy atom. The van der Waals surface area contributed by atoms with Crippen LogP contribution in [-0.2, 0) is 52.6 Å². The molecule has 1 aromatic carbocycles. The number of methoxy groups -OCH3 is 2. The molecule has 0 aromatic heterocycles. The quantitative estimate of drug-likeness (QED) is 0.0316. The van der Waals surface area contributed by atoms with Crippen LogP contribution in [0.5, 0.6) is 0 Å². The fraction of sp³-hybridized carbons (Fsp3) is 0.717. The zero-order valence-electron chi connectivity index (χ0n) is 48.8. The number of ether oxygens (including phenoxy) is 2. The fourth-order valence-electron chi connectivity index (χ4n) is 12.1. The van der Waals surface area contributed by atoms with Crippen molar-refractivity contribution in [2.75, 3.05) is 40.9 Å². The lowest BCUT2D eigenvalue weighted by molar-refractivity contribution is -0.142. The predicted octanol–water partition coefficient (Wildman–Crippen LogP) is 6.59. The lowest BCUT2D eigenvalue weighted by atomic mass is 9.77. The molecule has 1 saturated heterocycles. The molecular weight excluding hydrogens is 995 g/mol. The van der Waals surface area contributed by atoms with E-state index in [1.54, 1.807) is 14.2 Å². The lowest BCUT2D eigenvalue weighted by Gasteiger charge is -2.37. The molecule has 4 rings (SSSR count). The number of unbranched alkanes of at least 4 members (excludes halogenated alkanes) is 2. The van der Waals surface area contributed by atoms with E-state index in [0.29, 0.717) is 77.4 Å². The molecule has 1 saturated carbocycles. The number of nitrogens with two attached hydrogens (primary N) is 1. The van der Waals surface area contributed by atoms with Gasteiger partial charge >= 0.3 is 0 Å². The van der Waals surface area contributed by atoms with Crippen LogP contribution in [0.4, 0.5) is 0 Å². The van der Waals surface area contributed by atoms with E-state index >= 15 is 0 Å². The van der Waals surface area contributed by atoms with Crippen molar-refractivity contribution < 1.29 is 52.6 Å². The molecule has 2 aliphatic heterocycles. The number of imide groups is 1. The smallest absolute Gasteiger partial charge is 0.253 e. The third-order valence-electron chi connectivity index (χ3n) is 17.0. The van der Waals surface area contributed by atoms with Crippen LogP contribution < -0.4 is 21.9 Å². The minimum absolute atomic E-state index is 0.0359. The topological polar surface area (TPSA) is 244 Å². The van der Waals surface area contributed by atoms with Gasteiger partial charge in [-0.1, -0.05) is 98.6 Å². The Bertz CT molecular complexity index is 2200. The number of nitrogens with zero attached hydrogens (tertiary/aromatic N) is 3. The van der Waals surface area contributed by atoms with Gasteiger partial charge in [-0.05, 0) is 112 Å². The van der Waals surface area contributed by atoms with Crippen LogP contribution in [0.2, 0.25) is 0 Å². The number of nitrogens with one attached hydrogen (secondary N) is 3. The van der Waals surface area contributed by atoms with Gasteiger partial charge in [0.1, 0.15) is 5.78 Å². The minimum atomic E-state index is -0.728. The molecular formula is C60H95N7O11. The maximum absolute atomic E-state index is 14.4. The van der Waals surface area contributed by atoms with Gasteiger partial charge in [-0.2, -0.15) is 0 Å². The molecule has 78 heavy (non-hydrogen) atoms. The molecule has 7 amide bonds. The van der Waals surface area contributed by atoms with E-state index in [2.05, 4.69) is 30.0 Å². The van der Waals surface area contributed by atoms with E-state index in [9.17, 15) is 43.2 Å². The summed E-state index contributed by atoms with van der Waals surface area (Å²) in [7, 11) is 5.05. The first kappa shape index (κ1) is 65.2. The van der Waals surface area contributed by atoms with Crippen LogP contribution in [0.25, 0.3) is 0 Å². The molecule has 5 N–H and O–H groups in total. The number of rotatable bonds is 36. The zero-order chi connectivity index (χ0) is 57.9. The number of likely N-dealkylation sites (tertiary alicyclic amines) is 1. The SMILES string of the molecule is CC[C@H](C)[C@H](CC(C)CC(=O)[C@@H](NC(=O)[C@H](C(C)C)N(C)CCCC(=O)NNC(=O)CCCCCN1C(=O)C=CC1=O)C(C)C)[C@@H](CC(=O)N1CCC[C@H]1[C@H](OC)[C@@H](C)C(=O)CCC[C@@]1(C(N)=O)C[C@@H]1c1ccccc1)OC. The standard InChI is InChI=1S/C60H95N7O11/c1-12-41(7)44(49(77-10)36-54(74)66-33-20-24-46(66)57(78-11)42(8)47(68)25-19-30-60(59(61)76)37-45(60)43-22-15-13-16-23-43)34-40(6)35-48(69)55(38(2)3)62-58(75)56(39(4)5)65(9)31-21-27-51(71)64-63-50(70)26-17-14-18-32-67-52(72)28-29-53(67)73/h13,15-16,22-23,28-29,38-42,44-46,49,55-57H,12,14,17-21,24-27,30-37H2,1-11H3,(H2,61,76)(H,62,75)(H,63,70)(H,64,71)/t40?,41-,42-,44-,45+,46-,49+,55-,56-,57+,60+/m0/s1. The number of ketones is 2. The zero-order valence-corrected chi connectivity index (χ0v) is 48.8. The second-order valence-electron chi connectivity index (χ2n) is 23.4. The van der Waals surface area contributed by atoms with Gasteiger partial charge in [0.15, 0.2) is 5.78 Å². The molecule has 2 fully saturated rings. The number of primary amides is 1. The third-order valence-corrected chi connectivity index (χ3v) is 17.0. The van der Waals surface area contributed by atoms with Crippen molar-refractivity contribution in [2.24, 2.45) is 46.7 Å². The Balaban J connectivity index is 1.25. The lowest BCUT2D eigenvalue weighted by Crippen LogP contribution is -2.54. The highest BCUT2D eigenvalue weighted by molar-refractivity contribution is 6.12. The van der Waals surface area contributed by atoms with Crippen molar-refractivity contribution in [1.82, 2.24) is 30.9 Å². The Hall–Kier alpha value is -5.33. The number of benzene rings is 1. The average Bonchev–Trinajstić information content (AvgIpc) is 4.03. The van der Waals surface area contributed by atoms with Crippen molar-refractivity contribution in [3.05, 3.63) is 48.0 Å². The van der Waals surface area contributed by atoms with Crippen molar-refractivity contribution in [3.8, 4) is 0 Å². The molecule has 18 heteroatoms. The highest BCUT2D eigenvalue weighted by Crippen LogP contribution is 2.62. The molecule has 11 atom stereocenters. The number of Topliss-reactive ketones (excluding diaryl/α,β-unsaturated/α-hetero) is 2. The highest BCUT2D eigenvalue weighted by atomic mass is 16.5. The second kappa shape index (κ2) is 31.5. The highest BCUT2D eigenvalue weighted by Gasteiger charge is 2.58. The Morgan fingerprint density at radius 2 is 1.44 bits per heavy atom. The number of hydrazine groups is 1. The molecule has 0 bridgehead atoms. The summed E-state index contributed by atoms with van der Waals surface area (Å²) in [4.78, 5) is 122. The molecule has 3 aliphatic rings. The first-order chi connectivity index (χ1) is 37.0. The normalized spacial score (nSPS) is 21.3. The van der Waals surface area contributed by atoms with Gasteiger partial charge in [0.25, 0.3) is 11.8 Å². The third kappa shape index (κ3) is 18.4. The summed E-state index contributed by atoms with van der Waals surface area (Å²) in [5.41, 5.74) is 11.3. The molecule has 18 nitrogen and oxygen atoms in total. The monoisotopic (exact) mass is 1090 g/mol. The maximum Gasteiger partial charge on any atom is 0.253 e. The summed E-state index contributed by atoms with van der Waals surface area (Å²) in [6.45, 7) is 17.1. The van der Waals surface area contributed by atoms with Crippen LogP contribution in [0, 0.1) is 40.9 Å². The molecule has 0 radical (unpaired) electrons. The summed E-state index contributed by atoms with van der Waals surface area (Å²) in [6, 6.07) is 8.32. The van der Waals surface area contributed by atoms with Crippen LogP contribution in [0.1, 0.15) is 170 Å². The van der Waals surface area contributed by atoms with Crippen LogP contribution >= 0.6 is 0 Å². The van der Waals surface area contributed by atoms with E-state index in [4.69, 9.17) is 15.2 Å². The Labute approximate surface area is 464 Å². The predicted molar refractivity (Wildman–Crippen MR) is 299 cm³/mol. The Morgan fingerprint density at radius 3 is 2.01 bits per heavy atom. The first-order valence-electron chi connectivity index (χ1n) is 28.9. The van der Waals surface area contributed by atoms with Crippen LogP contribution in [0.15, 0.2) is 42.5 Å². The fourth-order valence-corrected chi connectivity index (χ4v) is 12.1. The molecule has 2 heterocycles. The summed E-state index contributed by atoms with van der Waals surface area (Å²) in [6.07, 6.45) is 9.38. The van der Waals surface area contributed by atoms with E-state index in [1.807, 2.05) is 88.7 Å². The number of carbonyl (C=O) groups is 9. The van der Waals surface area contributed by atoms with E-state index in [1.165, 1.54) is 17.1 Å². The van der Waals surface area contributed by atoms with E-state index in [-0.39, 0.29) is 127 Å². The number of hydrogen-bond donors (Lipinski definition) is 4. The minimum Gasteiger partial charge on any atom is -0.381 e. The molecule has 436 valence electrons. The summed E-state index contributed by atoms with van der Waals surface area (Å²) in [5.74, 6) is -2.72. The van der Waals surface area contributed by atoms with Crippen molar-refractivity contribution in [1.29, 1.82) is 0 Å². The summed E-state index contributed by atoms with van der Waals surface area (Å²) < 4.78 is 12.2. The summed E-state index contributed by atoms with van der Waals surface area (Å²) >= 11 is 0. The molecule has 1 aromatic rings. The molecule has 1 unspecified atom stereocenters. The number of hydrogen-bond acceptors (Lipinski definition) is 12. The number of amides is 7. The van der Waals surface area contributed by atoms with Crippen LogP contribution in [-0.4, -0.2) is 139 Å². The van der Waals surface area contributed by atoms with Gasteiger partial charge in [0, 0.05) is 71.1 Å². The first-order valence-corrected chi connectivity index (χ1v) is 28.9. The van der Waals surface area contributed by atoms with E-state index in [0.717, 1.165) is 18.4 Å². The Kier molecular flexibility index (Phi) is 26.3. The van der Waals surface area contributed by atoms with Crippen molar-refractivity contribution in [3.63, 3.8) is 0 Å². The number of carbonyl (C=O) groups excluding carboxylic acids is 9. The molecule has 0 spiro atoms. The van der Waals surface area contributed by atoms with Gasteiger partial charge in [0.05, 0.1) is 42.2 Å². The second-order valence-corrected chi connectivity index (χ2v) is 23.4. The van der Waals surface area contributed by atoms with Gasteiger partial charge < -0.3 is 25.4 Å².